The number of rotatable bonds is 5. The van der Waals surface area contributed by atoms with E-state index in [0.717, 1.165) is 12.0 Å². The Balaban J connectivity index is 2.74. The van der Waals surface area contributed by atoms with Gasteiger partial charge in [0.1, 0.15) is 10.8 Å². The molecule has 0 fully saturated rings. The lowest BCUT2D eigenvalue weighted by Gasteiger charge is -2.06. The molecule has 2 nitrogen and oxygen atoms in total. The molecule has 2 N–H and O–H groups in total. The Morgan fingerprint density at radius 1 is 1.53 bits per heavy atom. The van der Waals surface area contributed by atoms with Crippen molar-refractivity contribution < 1.29 is 9.13 Å². The molecule has 0 unspecified atom stereocenters. The van der Waals surface area contributed by atoms with Gasteiger partial charge in [0, 0.05) is 12.2 Å². The molecule has 82 valence electrons. The minimum Gasteiger partial charge on any atom is -0.389 e. The van der Waals surface area contributed by atoms with E-state index in [1.54, 1.807) is 12.1 Å². The fraction of sp³-hybridized carbons (Fsp3) is 0.364. The highest BCUT2D eigenvalue weighted by Gasteiger charge is 2.05. The zero-order chi connectivity index (χ0) is 11.3. The third kappa shape index (κ3) is 3.57. The van der Waals surface area contributed by atoms with Crippen molar-refractivity contribution in [3.05, 3.63) is 35.1 Å². The SMILES string of the molecule is CCCOCc1ccc(F)c(C(N)=S)c1. The first-order chi connectivity index (χ1) is 7.15. The van der Waals surface area contributed by atoms with E-state index in [4.69, 9.17) is 22.7 Å². The summed E-state index contributed by atoms with van der Waals surface area (Å²) in [6.45, 7) is 3.19. The molecule has 0 bridgehead atoms. The molecule has 1 rings (SSSR count). The van der Waals surface area contributed by atoms with Crippen LogP contribution in [0.3, 0.4) is 0 Å². The fourth-order valence-electron chi connectivity index (χ4n) is 1.19. The second kappa shape index (κ2) is 5.78. The van der Waals surface area contributed by atoms with Crippen molar-refractivity contribution in [2.75, 3.05) is 6.61 Å². The van der Waals surface area contributed by atoms with Gasteiger partial charge in [0.2, 0.25) is 0 Å². The lowest BCUT2D eigenvalue weighted by molar-refractivity contribution is 0.121. The first-order valence-electron chi connectivity index (χ1n) is 4.81. The summed E-state index contributed by atoms with van der Waals surface area (Å²) >= 11 is 4.74. The van der Waals surface area contributed by atoms with Crippen LogP contribution in [0.5, 0.6) is 0 Å². The molecule has 0 saturated heterocycles. The average Bonchev–Trinajstić information content (AvgIpc) is 2.20. The molecule has 1 aromatic rings. The van der Waals surface area contributed by atoms with Gasteiger partial charge in [-0.05, 0) is 24.1 Å². The van der Waals surface area contributed by atoms with Crippen molar-refractivity contribution in [3.8, 4) is 0 Å². The summed E-state index contributed by atoms with van der Waals surface area (Å²) in [5.41, 5.74) is 6.55. The summed E-state index contributed by atoms with van der Waals surface area (Å²) in [7, 11) is 0. The minimum atomic E-state index is -0.387. The summed E-state index contributed by atoms with van der Waals surface area (Å²) in [4.78, 5) is 0.0739. The molecule has 0 aliphatic rings. The van der Waals surface area contributed by atoms with Crippen LogP contribution in [0.25, 0.3) is 0 Å². The van der Waals surface area contributed by atoms with Crippen molar-refractivity contribution in [1.82, 2.24) is 0 Å². The molecule has 4 heteroatoms. The molecule has 0 heterocycles. The van der Waals surface area contributed by atoms with Crippen molar-refractivity contribution in [2.24, 2.45) is 5.73 Å². The Bertz CT molecular complexity index is 354. The van der Waals surface area contributed by atoms with E-state index in [2.05, 4.69) is 0 Å². The zero-order valence-corrected chi connectivity index (χ0v) is 9.44. The predicted octanol–water partition coefficient (Wildman–Crippen LogP) is 2.39. The van der Waals surface area contributed by atoms with Crippen molar-refractivity contribution in [2.45, 2.75) is 20.0 Å². The fourth-order valence-corrected chi connectivity index (χ4v) is 1.34. The van der Waals surface area contributed by atoms with Gasteiger partial charge in [0.05, 0.1) is 6.61 Å². The van der Waals surface area contributed by atoms with Crippen LogP contribution in [0.15, 0.2) is 18.2 Å². The highest BCUT2D eigenvalue weighted by atomic mass is 32.1. The Kier molecular flexibility index (Phi) is 4.65. The lowest BCUT2D eigenvalue weighted by atomic mass is 10.1. The van der Waals surface area contributed by atoms with Gasteiger partial charge in [-0.3, -0.25) is 0 Å². The quantitative estimate of drug-likeness (QED) is 0.619. The van der Waals surface area contributed by atoms with Crippen LogP contribution in [0.1, 0.15) is 24.5 Å². The van der Waals surface area contributed by atoms with Crippen LogP contribution >= 0.6 is 12.2 Å². The Morgan fingerprint density at radius 3 is 2.87 bits per heavy atom. The average molecular weight is 227 g/mol. The van der Waals surface area contributed by atoms with Crippen LogP contribution in [0, 0.1) is 5.82 Å². The van der Waals surface area contributed by atoms with Gasteiger partial charge in [-0.25, -0.2) is 4.39 Å². The van der Waals surface area contributed by atoms with Crippen molar-refractivity contribution in [1.29, 1.82) is 0 Å². The maximum absolute atomic E-state index is 13.2. The van der Waals surface area contributed by atoms with Gasteiger partial charge in [-0.1, -0.05) is 25.2 Å². The molecule has 15 heavy (non-hydrogen) atoms. The van der Waals surface area contributed by atoms with Crippen LogP contribution in [-0.4, -0.2) is 11.6 Å². The molecule has 0 amide bonds. The first-order valence-corrected chi connectivity index (χ1v) is 5.22. The second-order valence-corrected chi connectivity index (χ2v) is 3.67. The summed E-state index contributed by atoms with van der Waals surface area (Å²) in [6, 6.07) is 4.67. The molecule has 0 aliphatic heterocycles. The minimum absolute atomic E-state index is 0.0739. The van der Waals surface area contributed by atoms with Crippen molar-refractivity contribution in [3.63, 3.8) is 0 Å². The number of halogens is 1. The van der Waals surface area contributed by atoms with Gasteiger partial charge in [0.15, 0.2) is 0 Å². The largest absolute Gasteiger partial charge is 0.389 e. The van der Waals surface area contributed by atoms with E-state index in [1.807, 2.05) is 6.92 Å². The second-order valence-electron chi connectivity index (χ2n) is 3.23. The molecule has 1 aromatic carbocycles. The molecule has 0 atom stereocenters. The normalized spacial score (nSPS) is 10.3. The van der Waals surface area contributed by atoms with Gasteiger partial charge < -0.3 is 10.5 Å². The van der Waals surface area contributed by atoms with E-state index in [0.29, 0.717) is 13.2 Å². The van der Waals surface area contributed by atoms with E-state index < -0.39 is 0 Å². The first kappa shape index (κ1) is 12.1. The van der Waals surface area contributed by atoms with Crippen LogP contribution < -0.4 is 5.73 Å². The number of ether oxygens (including phenoxy) is 1. The monoisotopic (exact) mass is 227 g/mol. The lowest BCUT2D eigenvalue weighted by Crippen LogP contribution is -2.12. The number of nitrogens with two attached hydrogens (primary N) is 1. The Morgan fingerprint density at radius 2 is 2.27 bits per heavy atom. The topological polar surface area (TPSA) is 35.2 Å². The van der Waals surface area contributed by atoms with E-state index in [-0.39, 0.29) is 16.4 Å². The van der Waals surface area contributed by atoms with E-state index >= 15 is 0 Å². The van der Waals surface area contributed by atoms with Gasteiger partial charge >= 0.3 is 0 Å². The molecule has 0 spiro atoms. The predicted molar refractivity (Wildman–Crippen MR) is 62.2 cm³/mol. The highest BCUT2D eigenvalue weighted by Crippen LogP contribution is 2.11. The Hall–Kier alpha value is -1.00. The summed E-state index contributed by atoms with van der Waals surface area (Å²) in [5.74, 6) is -0.387. The molecule has 0 saturated carbocycles. The smallest absolute Gasteiger partial charge is 0.133 e. The third-order valence-corrected chi connectivity index (χ3v) is 2.13. The van der Waals surface area contributed by atoms with Crippen molar-refractivity contribution >= 4 is 17.2 Å². The highest BCUT2D eigenvalue weighted by molar-refractivity contribution is 7.80. The number of thiocarbonyl (C=S) groups is 1. The van der Waals surface area contributed by atoms with E-state index in [9.17, 15) is 4.39 Å². The molecular weight excluding hydrogens is 213 g/mol. The molecule has 0 aromatic heterocycles. The van der Waals surface area contributed by atoms with Gasteiger partial charge in [-0.15, -0.1) is 0 Å². The molecule has 0 aliphatic carbocycles. The van der Waals surface area contributed by atoms with Crippen LogP contribution in [-0.2, 0) is 11.3 Å². The summed E-state index contributed by atoms with van der Waals surface area (Å²) in [6.07, 6.45) is 0.962. The van der Waals surface area contributed by atoms with Gasteiger partial charge in [0.25, 0.3) is 0 Å². The third-order valence-electron chi connectivity index (χ3n) is 1.91. The summed E-state index contributed by atoms with van der Waals surface area (Å²) in [5, 5.41) is 0. The number of benzene rings is 1. The standard InChI is InChI=1S/C11H14FNOS/c1-2-5-14-7-8-3-4-10(12)9(6-8)11(13)15/h3-4,6H,2,5,7H2,1H3,(H2,13,15). The maximum Gasteiger partial charge on any atom is 0.133 e. The maximum atomic E-state index is 13.2. The summed E-state index contributed by atoms with van der Waals surface area (Å²) < 4.78 is 18.5. The van der Waals surface area contributed by atoms with Crippen LogP contribution in [0.4, 0.5) is 4.39 Å². The zero-order valence-electron chi connectivity index (χ0n) is 8.63. The number of hydrogen-bond donors (Lipinski definition) is 1. The molecular formula is C11H14FNOS. The number of hydrogen-bond acceptors (Lipinski definition) is 2. The molecule has 0 radical (unpaired) electrons. The van der Waals surface area contributed by atoms with Gasteiger partial charge in [-0.2, -0.15) is 0 Å². The Labute approximate surface area is 94.2 Å². The van der Waals surface area contributed by atoms with Crippen LogP contribution in [0.2, 0.25) is 0 Å². The van der Waals surface area contributed by atoms with E-state index in [1.165, 1.54) is 6.07 Å².